The van der Waals surface area contributed by atoms with E-state index in [0.29, 0.717) is 5.92 Å². The first kappa shape index (κ1) is 18.5. The van der Waals surface area contributed by atoms with Gasteiger partial charge in [-0.15, -0.1) is 0 Å². The number of piperidine rings is 1. The van der Waals surface area contributed by atoms with E-state index < -0.39 is 6.10 Å². The number of benzene rings is 2. The number of carbonyl (C=O) groups excluding carboxylic acids is 1. The Bertz CT molecular complexity index is 705. The summed E-state index contributed by atoms with van der Waals surface area (Å²) >= 11 is 0. The summed E-state index contributed by atoms with van der Waals surface area (Å²) in [4.78, 5) is 14.5. The predicted molar refractivity (Wildman–Crippen MR) is 105 cm³/mol. The molecule has 1 fully saturated rings. The Morgan fingerprint density at radius 2 is 1.58 bits per heavy atom. The predicted octanol–water partition coefficient (Wildman–Crippen LogP) is 3.71. The van der Waals surface area contributed by atoms with Crippen molar-refractivity contribution in [1.82, 2.24) is 4.90 Å². The monoisotopic (exact) mass is 352 g/mol. The molecule has 4 nitrogen and oxygen atoms in total. The number of hydrogen-bond donors (Lipinski definition) is 1. The van der Waals surface area contributed by atoms with Crippen LogP contribution in [0, 0.1) is 5.92 Å². The van der Waals surface area contributed by atoms with Crippen molar-refractivity contribution in [3.05, 3.63) is 54.6 Å². The lowest BCUT2D eigenvalue weighted by Crippen LogP contribution is -2.46. The van der Waals surface area contributed by atoms with Crippen LogP contribution in [-0.4, -0.2) is 36.0 Å². The molecule has 0 aliphatic carbocycles. The van der Waals surface area contributed by atoms with Gasteiger partial charge in [0, 0.05) is 19.1 Å². The van der Waals surface area contributed by atoms with Gasteiger partial charge in [0.1, 0.15) is 5.75 Å². The van der Waals surface area contributed by atoms with Crippen molar-refractivity contribution in [2.75, 3.05) is 13.1 Å². The standard InChI is InChI=1S/C22H28N2O2/c1-16(23)18-12-14-24(15-13-18)22(25)17(2)26-21-10-8-20(9-11-21)19-6-4-3-5-7-19/h3-11,16-18H,12-15,23H2,1-2H3. The summed E-state index contributed by atoms with van der Waals surface area (Å²) in [6.07, 6.45) is 1.47. The van der Waals surface area contributed by atoms with Gasteiger partial charge in [-0.3, -0.25) is 4.79 Å². The summed E-state index contributed by atoms with van der Waals surface area (Å²) in [7, 11) is 0. The highest BCUT2D eigenvalue weighted by Crippen LogP contribution is 2.24. The zero-order chi connectivity index (χ0) is 18.5. The number of nitrogens with two attached hydrogens (primary N) is 1. The molecule has 0 spiro atoms. The molecule has 1 amide bonds. The maximum absolute atomic E-state index is 12.6. The molecule has 2 aromatic carbocycles. The first-order valence-corrected chi connectivity index (χ1v) is 9.41. The van der Waals surface area contributed by atoms with E-state index in [1.54, 1.807) is 0 Å². The van der Waals surface area contributed by atoms with Crippen molar-refractivity contribution >= 4 is 5.91 Å². The molecule has 0 radical (unpaired) electrons. The van der Waals surface area contributed by atoms with Crippen molar-refractivity contribution in [1.29, 1.82) is 0 Å². The number of rotatable bonds is 5. The average Bonchev–Trinajstić information content (AvgIpc) is 2.68. The SMILES string of the molecule is CC(Oc1ccc(-c2ccccc2)cc1)C(=O)N1CCC(C(C)N)CC1. The van der Waals surface area contributed by atoms with Gasteiger partial charge in [0.05, 0.1) is 0 Å². The number of hydrogen-bond acceptors (Lipinski definition) is 3. The van der Waals surface area contributed by atoms with Gasteiger partial charge in [-0.2, -0.15) is 0 Å². The third-order valence-corrected chi connectivity index (χ3v) is 5.22. The molecule has 1 aliphatic heterocycles. The van der Waals surface area contributed by atoms with Crippen molar-refractivity contribution in [3.8, 4) is 16.9 Å². The molecule has 2 atom stereocenters. The van der Waals surface area contributed by atoms with Gasteiger partial charge in [0.25, 0.3) is 5.91 Å². The van der Waals surface area contributed by atoms with E-state index in [-0.39, 0.29) is 11.9 Å². The van der Waals surface area contributed by atoms with E-state index in [0.717, 1.165) is 37.2 Å². The minimum atomic E-state index is -0.482. The Kier molecular flexibility index (Phi) is 5.94. The van der Waals surface area contributed by atoms with Crippen LogP contribution in [0.15, 0.2) is 54.6 Å². The molecular formula is C22H28N2O2. The Labute approximate surface area is 156 Å². The van der Waals surface area contributed by atoms with E-state index >= 15 is 0 Å². The van der Waals surface area contributed by atoms with Crippen LogP contribution in [-0.2, 0) is 4.79 Å². The molecule has 3 rings (SSSR count). The minimum Gasteiger partial charge on any atom is -0.481 e. The third kappa shape index (κ3) is 4.44. The number of likely N-dealkylation sites (tertiary alicyclic amines) is 1. The summed E-state index contributed by atoms with van der Waals surface area (Å²) in [6.45, 7) is 5.41. The largest absolute Gasteiger partial charge is 0.481 e. The molecule has 1 heterocycles. The molecule has 138 valence electrons. The molecule has 1 aliphatic rings. The van der Waals surface area contributed by atoms with Gasteiger partial charge in [-0.25, -0.2) is 0 Å². The summed E-state index contributed by atoms with van der Waals surface area (Å²) in [6, 6.07) is 18.3. The molecule has 2 N–H and O–H groups in total. The topological polar surface area (TPSA) is 55.6 Å². The van der Waals surface area contributed by atoms with Crippen LogP contribution in [0.3, 0.4) is 0 Å². The number of nitrogens with zero attached hydrogens (tertiary/aromatic N) is 1. The summed E-state index contributed by atoms with van der Waals surface area (Å²) in [5.74, 6) is 1.29. The maximum atomic E-state index is 12.6. The summed E-state index contributed by atoms with van der Waals surface area (Å²) in [5.41, 5.74) is 8.28. The highest BCUT2D eigenvalue weighted by atomic mass is 16.5. The smallest absolute Gasteiger partial charge is 0.263 e. The second-order valence-corrected chi connectivity index (χ2v) is 7.17. The molecule has 1 saturated heterocycles. The lowest BCUT2D eigenvalue weighted by Gasteiger charge is -2.35. The van der Waals surface area contributed by atoms with E-state index in [2.05, 4.69) is 12.1 Å². The van der Waals surface area contributed by atoms with Crippen LogP contribution in [0.2, 0.25) is 0 Å². The fourth-order valence-electron chi connectivity index (χ4n) is 3.51. The Hall–Kier alpha value is -2.33. The minimum absolute atomic E-state index is 0.0558. The highest BCUT2D eigenvalue weighted by molar-refractivity contribution is 5.81. The zero-order valence-electron chi connectivity index (χ0n) is 15.6. The van der Waals surface area contributed by atoms with Crippen molar-refractivity contribution in [3.63, 3.8) is 0 Å². The average molecular weight is 352 g/mol. The van der Waals surface area contributed by atoms with Crippen LogP contribution in [0.25, 0.3) is 11.1 Å². The fraction of sp³-hybridized carbons (Fsp3) is 0.409. The molecule has 2 unspecified atom stereocenters. The molecular weight excluding hydrogens is 324 g/mol. The van der Waals surface area contributed by atoms with Crippen LogP contribution in [0.5, 0.6) is 5.75 Å². The molecule has 0 bridgehead atoms. The van der Waals surface area contributed by atoms with Crippen LogP contribution >= 0.6 is 0 Å². The first-order valence-electron chi connectivity index (χ1n) is 9.41. The van der Waals surface area contributed by atoms with Gasteiger partial charge in [-0.05, 0) is 55.9 Å². The lowest BCUT2D eigenvalue weighted by atomic mass is 9.91. The Morgan fingerprint density at radius 3 is 2.15 bits per heavy atom. The number of ether oxygens (including phenoxy) is 1. The first-order chi connectivity index (χ1) is 12.5. The lowest BCUT2D eigenvalue weighted by molar-refractivity contribution is -0.139. The van der Waals surface area contributed by atoms with Gasteiger partial charge >= 0.3 is 0 Å². The number of amides is 1. The molecule has 2 aromatic rings. The molecule has 26 heavy (non-hydrogen) atoms. The fourth-order valence-corrected chi connectivity index (χ4v) is 3.51. The van der Waals surface area contributed by atoms with Gasteiger partial charge in [-0.1, -0.05) is 42.5 Å². The van der Waals surface area contributed by atoms with Crippen LogP contribution in [0.4, 0.5) is 0 Å². The van der Waals surface area contributed by atoms with Crippen molar-refractivity contribution in [2.24, 2.45) is 11.7 Å². The molecule has 0 aromatic heterocycles. The second-order valence-electron chi connectivity index (χ2n) is 7.17. The van der Waals surface area contributed by atoms with Gasteiger partial charge in [0.15, 0.2) is 6.10 Å². The Morgan fingerprint density at radius 1 is 1.00 bits per heavy atom. The van der Waals surface area contributed by atoms with Crippen molar-refractivity contribution < 1.29 is 9.53 Å². The maximum Gasteiger partial charge on any atom is 0.263 e. The van der Waals surface area contributed by atoms with E-state index in [4.69, 9.17) is 10.5 Å². The van der Waals surface area contributed by atoms with Crippen molar-refractivity contribution in [2.45, 2.75) is 38.8 Å². The van der Waals surface area contributed by atoms with Crippen LogP contribution < -0.4 is 10.5 Å². The third-order valence-electron chi connectivity index (χ3n) is 5.22. The quantitative estimate of drug-likeness (QED) is 0.892. The normalized spacial score (nSPS) is 17.6. The van der Waals surface area contributed by atoms with E-state index in [1.165, 1.54) is 5.56 Å². The van der Waals surface area contributed by atoms with Gasteiger partial charge < -0.3 is 15.4 Å². The second kappa shape index (κ2) is 8.37. The van der Waals surface area contributed by atoms with Gasteiger partial charge in [0.2, 0.25) is 0 Å². The van der Waals surface area contributed by atoms with E-state index in [9.17, 15) is 4.79 Å². The zero-order valence-corrected chi connectivity index (χ0v) is 15.6. The highest BCUT2D eigenvalue weighted by Gasteiger charge is 2.28. The molecule has 0 saturated carbocycles. The summed E-state index contributed by atoms with van der Waals surface area (Å²) in [5, 5.41) is 0. The van der Waals surface area contributed by atoms with E-state index in [1.807, 2.05) is 61.2 Å². The number of carbonyl (C=O) groups is 1. The Balaban J connectivity index is 1.56. The molecule has 4 heteroatoms. The van der Waals surface area contributed by atoms with Crippen LogP contribution in [0.1, 0.15) is 26.7 Å². The summed E-state index contributed by atoms with van der Waals surface area (Å²) < 4.78 is 5.88.